The number of nitrogens with zero attached hydrogens (tertiary/aromatic N) is 1. The Morgan fingerprint density at radius 2 is 1.91 bits per heavy atom. The van der Waals surface area contributed by atoms with Gasteiger partial charge in [0.2, 0.25) is 0 Å². The number of unbranched alkanes of at least 4 members (excludes halogenated alkanes) is 1. The van der Waals surface area contributed by atoms with E-state index in [1.54, 1.807) is 0 Å². The van der Waals surface area contributed by atoms with Crippen molar-refractivity contribution >= 4 is 6.21 Å². The molecule has 0 unspecified atom stereocenters. The third kappa shape index (κ3) is 9.41. The SMILES string of the molecule is CCCC=CC=NC(C)(C)C. The minimum absolute atomic E-state index is 0.0660. The van der Waals surface area contributed by atoms with Crippen LogP contribution in [0.1, 0.15) is 40.5 Å². The number of hydrogen-bond acceptors (Lipinski definition) is 1. The summed E-state index contributed by atoms with van der Waals surface area (Å²) < 4.78 is 0. The first-order valence-electron chi connectivity index (χ1n) is 4.26. The van der Waals surface area contributed by atoms with Gasteiger partial charge in [-0.25, -0.2) is 0 Å². The molecule has 0 aromatic rings. The standard InChI is InChI=1S/C10H19N/c1-5-6-7-8-9-11-10(2,3)4/h7-9H,5-6H2,1-4H3. The average Bonchev–Trinajstić information content (AvgIpc) is 1.85. The van der Waals surface area contributed by atoms with Crippen molar-refractivity contribution in [3.63, 3.8) is 0 Å². The molecule has 1 heteroatoms. The van der Waals surface area contributed by atoms with E-state index in [1.165, 1.54) is 6.42 Å². The van der Waals surface area contributed by atoms with Crippen LogP contribution in [0.4, 0.5) is 0 Å². The van der Waals surface area contributed by atoms with Gasteiger partial charge >= 0.3 is 0 Å². The minimum atomic E-state index is 0.0660. The predicted molar refractivity (Wildman–Crippen MR) is 52.3 cm³/mol. The molecule has 0 heterocycles. The lowest BCUT2D eigenvalue weighted by atomic mass is 10.1. The number of hydrogen-bond donors (Lipinski definition) is 0. The van der Waals surface area contributed by atoms with Gasteiger partial charge < -0.3 is 0 Å². The van der Waals surface area contributed by atoms with Crippen LogP contribution in [0.15, 0.2) is 17.1 Å². The summed E-state index contributed by atoms with van der Waals surface area (Å²) in [5, 5.41) is 0. The number of aliphatic imine (C=N–C) groups is 1. The number of allylic oxidation sites excluding steroid dienone is 2. The molecule has 0 radical (unpaired) electrons. The van der Waals surface area contributed by atoms with E-state index in [-0.39, 0.29) is 5.54 Å². The van der Waals surface area contributed by atoms with E-state index in [2.05, 4.69) is 38.8 Å². The van der Waals surface area contributed by atoms with Crippen LogP contribution in [-0.2, 0) is 0 Å². The smallest absolute Gasteiger partial charge is 0.0524 e. The van der Waals surface area contributed by atoms with Crippen LogP contribution in [0.5, 0.6) is 0 Å². The van der Waals surface area contributed by atoms with Gasteiger partial charge in [-0.15, -0.1) is 0 Å². The Bertz CT molecular complexity index is 137. The van der Waals surface area contributed by atoms with Crippen LogP contribution in [0.3, 0.4) is 0 Å². The fraction of sp³-hybridized carbons (Fsp3) is 0.700. The van der Waals surface area contributed by atoms with Crippen LogP contribution in [-0.4, -0.2) is 11.8 Å². The second-order valence-electron chi connectivity index (χ2n) is 3.67. The molecule has 0 amide bonds. The summed E-state index contributed by atoms with van der Waals surface area (Å²) in [7, 11) is 0. The summed E-state index contributed by atoms with van der Waals surface area (Å²) in [6, 6.07) is 0. The van der Waals surface area contributed by atoms with Gasteiger partial charge in [0, 0.05) is 6.21 Å². The quantitative estimate of drug-likeness (QED) is 0.552. The first-order chi connectivity index (χ1) is 5.06. The lowest BCUT2D eigenvalue weighted by Crippen LogP contribution is -2.08. The lowest BCUT2D eigenvalue weighted by molar-refractivity contribution is 0.587. The predicted octanol–water partition coefficient (Wildman–Crippen LogP) is 3.21. The fourth-order valence-electron chi connectivity index (χ4n) is 0.590. The van der Waals surface area contributed by atoms with Gasteiger partial charge in [-0.3, -0.25) is 4.99 Å². The molecule has 64 valence electrons. The summed E-state index contributed by atoms with van der Waals surface area (Å²) in [6.07, 6.45) is 8.41. The molecule has 0 aliphatic carbocycles. The maximum Gasteiger partial charge on any atom is 0.0524 e. The topological polar surface area (TPSA) is 12.4 Å². The fourth-order valence-corrected chi connectivity index (χ4v) is 0.590. The van der Waals surface area contributed by atoms with Gasteiger partial charge in [-0.1, -0.05) is 19.4 Å². The van der Waals surface area contributed by atoms with Crippen molar-refractivity contribution in [1.29, 1.82) is 0 Å². The zero-order chi connectivity index (χ0) is 8.74. The molecular formula is C10H19N. The van der Waals surface area contributed by atoms with Crippen LogP contribution < -0.4 is 0 Å². The van der Waals surface area contributed by atoms with Crippen LogP contribution in [0, 0.1) is 0 Å². The van der Waals surface area contributed by atoms with Crippen LogP contribution in [0.2, 0.25) is 0 Å². The Kier molecular flexibility index (Phi) is 4.84. The largest absolute Gasteiger partial charge is 0.287 e. The molecule has 1 nitrogen and oxygen atoms in total. The van der Waals surface area contributed by atoms with Gasteiger partial charge in [-0.2, -0.15) is 0 Å². The van der Waals surface area contributed by atoms with E-state index < -0.39 is 0 Å². The van der Waals surface area contributed by atoms with E-state index in [1.807, 2.05) is 12.3 Å². The summed E-state index contributed by atoms with van der Waals surface area (Å²) in [5.41, 5.74) is 0.0660. The molecule has 0 fully saturated rings. The first kappa shape index (κ1) is 10.4. The van der Waals surface area contributed by atoms with Crippen molar-refractivity contribution in [2.24, 2.45) is 4.99 Å². The van der Waals surface area contributed by atoms with E-state index in [0.29, 0.717) is 0 Å². The summed E-state index contributed by atoms with van der Waals surface area (Å²) in [4.78, 5) is 4.32. The molecule has 0 aliphatic heterocycles. The normalized spacial score (nSPS) is 13.5. The maximum absolute atomic E-state index is 4.32. The second-order valence-corrected chi connectivity index (χ2v) is 3.67. The van der Waals surface area contributed by atoms with Crippen molar-refractivity contribution in [2.75, 3.05) is 0 Å². The zero-order valence-electron chi connectivity index (χ0n) is 8.09. The molecule has 0 N–H and O–H groups in total. The third-order valence-corrected chi connectivity index (χ3v) is 1.14. The van der Waals surface area contributed by atoms with Gasteiger partial charge in [0.25, 0.3) is 0 Å². The average molecular weight is 153 g/mol. The first-order valence-corrected chi connectivity index (χ1v) is 4.26. The number of rotatable bonds is 3. The molecule has 0 bridgehead atoms. The minimum Gasteiger partial charge on any atom is -0.287 e. The van der Waals surface area contributed by atoms with E-state index in [9.17, 15) is 0 Å². The van der Waals surface area contributed by atoms with E-state index >= 15 is 0 Å². The van der Waals surface area contributed by atoms with E-state index in [0.717, 1.165) is 6.42 Å². The Morgan fingerprint density at radius 1 is 1.27 bits per heavy atom. The highest BCUT2D eigenvalue weighted by Crippen LogP contribution is 2.04. The molecule has 0 atom stereocenters. The van der Waals surface area contributed by atoms with Gasteiger partial charge in [0.1, 0.15) is 0 Å². The monoisotopic (exact) mass is 153 g/mol. The van der Waals surface area contributed by atoms with Crippen LogP contribution >= 0.6 is 0 Å². The highest BCUT2D eigenvalue weighted by atomic mass is 14.8. The molecule has 0 aromatic carbocycles. The Labute approximate surface area is 70.2 Å². The van der Waals surface area contributed by atoms with Crippen molar-refractivity contribution in [3.8, 4) is 0 Å². The highest BCUT2D eigenvalue weighted by Gasteiger charge is 2.02. The molecule has 0 aliphatic rings. The second kappa shape index (κ2) is 5.11. The van der Waals surface area contributed by atoms with Gasteiger partial charge in [-0.05, 0) is 33.3 Å². The Morgan fingerprint density at radius 3 is 2.36 bits per heavy atom. The van der Waals surface area contributed by atoms with Crippen molar-refractivity contribution < 1.29 is 0 Å². The van der Waals surface area contributed by atoms with E-state index in [4.69, 9.17) is 0 Å². The molecule has 0 rings (SSSR count). The summed E-state index contributed by atoms with van der Waals surface area (Å²) in [6.45, 7) is 8.46. The Balaban J connectivity index is 3.60. The third-order valence-electron chi connectivity index (χ3n) is 1.14. The molecule has 0 aromatic heterocycles. The molecule has 0 saturated carbocycles. The van der Waals surface area contributed by atoms with Gasteiger partial charge in [0.15, 0.2) is 0 Å². The molecular weight excluding hydrogens is 134 g/mol. The van der Waals surface area contributed by atoms with Crippen molar-refractivity contribution in [1.82, 2.24) is 0 Å². The highest BCUT2D eigenvalue weighted by molar-refractivity contribution is 5.71. The Hall–Kier alpha value is -0.590. The summed E-state index contributed by atoms with van der Waals surface area (Å²) >= 11 is 0. The molecule has 0 spiro atoms. The maximum atomic E-state index is 4.32. The van der Waals surface area contributed by atoms with Crippen LogP contribution in [0.25, 0.3) is 0 Å². The van der Waals surface area contributed by atoms with Crippen molar-refractivity contribution in [3.05, 3.63) is 12.2 Å². The molecule has 11 heavy (non-hydrogen) atoms. The summed E-state index contributed by atoms with van der Waals surface area (Å²) in [5.74, 6) is 0. The van der Waals surface area contributed by atoms with Gasteiger partial charge in [0.05, 0.1) is 5.54 Å². The lowest BCUT2D eigenvalue weighted by Gasteiger charge is -2.09. The molecule has 0 saturated heterocycles. The van der Waals surface area contributed by atoms with Crippen molar-refractivity contribution in [2.45, 2.75) is 46.1 Å². The zero-order valence-corrected chi connectivity index (χ0v) is 8.09.